The minimum Gasteiger partial charge on any atom is -0.386 e. The molecule has 1 unspecified atom stereocenters. The zero-order valence-electron chi connectivity index (χ0n) is 16.4. The third-order valence-electron chi connectivity index (χ3n) is 4.09. The summed E-state index contributed by atoms with van der Waals surface area (Å²) in [7, 11) is 0. The van der Waals surface area contributed by atoms with Crippen LogP contribution < -0.4 is 16.0 Å². The van der Waals surface area contributed by atoms with Crippen LogP contribution in [0, 0.1) is 5.82 Å². The number of carbonyl (C=O) groups excluding carboxylic acids is 1. The average Bonchev–Trinajstić information content (AvgIpc) is 3.16. The molecule has 3 rings (SSSR count). The lowest BCUT2D eigenvalue weighted by atomic mass is 10.2. The summed E-state index contributed by atoms with van der Waals surface area (Å²) in [6.07, 6.45) is -0.690. The van der Waals surface area contributed by atoms with Gasteiger partial charge in [-0.2, -0.15) is 0 Å². The number of hydrogen-bond acceptors (Lipinski definition) is 4. The molecule has 3 aromatic rings. The number of nitrogens with one attached hydrogen (secondary N) is 3. The summed E-state index contributed by atoms with van der Waals surface area (Å²) < 4.78 is 14.0. The zero-order chi connectivity index (χ0) is 20.6. The summed E-state index contributed by atoms with van der Waals surface area (Å²) in [5, 5.41) is 20.3. The van der Waals surface area contributed by atoms with Gasteiger partial charge in [-0.05, 0) is 48.7 Å². The second-order valence-electron chi connectivity index (χ2n) is 6.33. The van der Waals surface area contributed by atoms with Crippen molar-refractivity contribution < 1.29 is 14.3 Å². The smallest absolute Gasteiger partial charge is 0.246 e. The van der Waals surface area contributed by atoms with Crippen LogP contribution in [0.3, 0.4) is 0 Å². The highest BCUT2D eigenvalue weighted by molar-refractivity contribution is 14.0. The van der Waals surface area contributed by atoms with Gasteiger partial charge in [-0.25, -0.2) is 9.38 Å². The molecule has 4 N–H and O–H groups in total. The number of fused-ring (bicyclic) bond motifs is 1. The number of aliphatic hydroxyl groups excluding tert-OH is 1. The van der Waals surface area contributed by atoms with Gasteiger partial charge in [-0.15, -0.1) is 35.3 Å². The minimum absolute atomic E-state index is 0. The molecule has 0 saturated carbocycles. The Labute approximate surface area is 195 Å². The van der Waals surface area contributed by atoms with E-state index in [1.54, 1.807) is 11.3 Å². The Morgan fingerprint density at radius 3 is 2.60 bits per heavy atom. The second-order valence-corrected chi connectivity index (χ2v) is 7.45. The predicted octanol–water partition coefficient (Wildman–Crippen LogP) is 3.89. The van der Waals surface area contributed by atoms with Gasteiger partial charge in [0.15, 0.2) is 5.96 Å². The zero-order valence-corrected chi connectivity index (χ0v) is 19.5. The number of aliphatic imine (C=N–C) groups is 1. The first-order valence-corrected chi connectivity index (χ1v) is 10.1. The number of halogens is 2. The Balaban J connectivity index is 0.00000320. The van der Waals surface area contributed by atoms with Gasteiger partial charge in [0.25, 0.3) is 0 Å². The minimum atomic E-state index is -0.690. The summed E-state index contributed by atoms with van der Waals surface area (Å²) >= 11 is 1.55. The molecule has 30 heavy (non-hydrogen) atoms. The van der Waals surface area contributed by atoms with Crippen molar-refractivity contribution in [1.29, 1.82) is 0 Å². The van der Waals surface area contributed by atoms with Crippen molar-refractivity contribution in [2.75, 3.05) is 25.0 Å². The number of guanidine groups is 1. The largest absolute Gasteiger partial charge is 0.386 e. The normalized spacial score (nSPS) is 12.2. The first-order valence-electron chi connectivity index (χ1n) is 9.29. The van der Waals surface area contributed by atoms with Crippen LogP contribution in [0.15, 0.2) is 59.6 Å². The molecule has 0 aliphatic rings. The van der Waals surface area contributed by atoms with E-state index in [4.69, 9.17) is 0 Å². The highest BCUT2D eigenvalue weighted by Crippen LogP contribution is 2.29. The number of rotatable bonds is 7. The summed E-state index contributed by atoms with van der Waals surface area (Å²) in [4.78, 5) is 17.2. The molecular weight excluding hydrogens is 518 g/mol. The fourth-order valence-electron chi connectivity index (χ4n) is 2.69. The molecule has 0 radical (unpaired) electrons. The number of benzene rings is 2. The highest BCUT2D eigenvalue weighted by Gasteiger charge is 2.12. The lowest BCUT2D eigenvalue weighted by Gasteiger charge is -2.14. The Bertz CT molecular complexity index is 961. The van der Waals surface area contributed by atoms with Crippen molar-refractivity contribution in [1.82, 2.24) is 10.6 Å². The highest BCUT2D eigenvalue weighted by atomic mass is 127. The maximum atomic E-state index is 12.9. The molecule has 0 spiro atoms. The van der Waals surface area contributed by atoms with E-state index in [-0.39, 0.29) is 48.8 Å². The molecule has 2 aromatic carbocycles. The van der Waals surface area contributed by atoms with Crippen LogP contribution in [0.4, 0.5) is 10.1 Å². The van der Waals surface area contributed by atoms with Gasteiger partial charge in [0.05, 0.1) is 0 Å². The number of aliphatic hydroxyl groups is 1. The molecular formula is C21H24FIN4O2S. The van der Waals surface area contributed by atoms with Crippen molar-refractivity contribution in [3.8, 4) is 0 Å². The van der Waals surface area contributed by atoms with Gasteiger partial charge in [-0.1, -0.05) is 18.2 Å². The van der Waals surface area contributed by atoms with Crippen molar-refractivity contribution in [3.63, 3.8) is 0 Å². The molecule has 0 saturated heterocycles. The number of hydrogen-bond donors (Lipinski definition) is 4. The molecule has 160 valence electrons. The molecule has 1 heterocycles. The van der Waals surface area contributed by atoms with E-state index in [9.17, 15) is 14.3 Å². The maximum absolute atomic E-state index is 12.9. The topological polar surface area (TPSA) is 85.8 Å². The molecule has 1 amide bonds. The van der Waals surface area contributed by atoms with E-state index < -0.39 is 6.10 Å². The molecule has 9 heteroatoms. The van der Waals surface area contributed by atoms with Gasteiger partial charge < -0.3 is 21.1 Å². The Hall–Kier alpha value is -2.24. The number of anilines is 1. The monoisotopic (exact) mass is 542 g/mol. The lowest BCUT2D eigenvalue weighted by molar-refractivity contribution is -0.114. The van der Waals surface area contributed by atoms with Crippen LogP contribution in [0.2, 0.25) is 0 Å². The molecule has 1 atom stereocenters. The predicted molar refractivity (Wildman–Crippen MR) is 131 cm³/mol. The summed E-state index contributed by atoms with van der Waals surface area (Å²) in [6, 6.07) is 15.5. The fraction of sp³-hybridized carbons (Fsp3) is 0.238. The molecule has 0 aliphatic heterocycles. The number of amides is 1. The van der Waals surface area contributed by atoms with E-state index in [1.165, 1.54) is 24.3 Å². The Morgan fingerprint density at radius 1 is 1.17 bits per heavy atom. The number of nitrogens with zero attached hydrogens (tertiary/aromatic N) is 1. The Morgan fingerprint density at radius 2 is 1.90 bits per heavy atom. The fourth-order valence-corrected chi connectivity index (χ4v) is 3.74. The third-order valence-corrected chi connectivity index (χ3v) is 5.31. The van der Waals surface area contributed by atoms with Crippen LogP contribution in [0.5, 0.6) is 0 Å². The van der Waals surface area contributed by atoms with Crippen molar-refractivity contribution in [2.24, 2.45) is 4.99 Å². The van der Waals surface area contributed by atoms with Crippen LogP contribution in [0.1, 0.15) is 17.9 Å². The van der Waals surface area contributed by atoms with Crippen LogP contribution in [0.25, 0.3) is 10.1 Å². The standard InChI is InChI=1S/C21H23FN4O2S.HI/c1-2-23-21(25-13-20(28)26-16-9-7-15(22)8-10-16)24-12-17(27)19-11-14-5-3-4-6-18(14)29-19;/h3-11,17,27H,2,12-13H2,1H3,(H,26,28)(H2,23,24,25);1H. The summed E-state index contributed by atoms with van der Waals surface area (Å²) in [5.74, 6) is -0.252. The third kappa shape index (κ3) is 6.92. The second kappa shape index (κ2) is 11.8. The van der Waals surface area contributed by atoms with Crippen LogP contribution in [-0.4, -0.2) is 36.6 Å². The summed E-state index contributed by atoms with van der Waals surface area (Å²) in [5.41, 5.74) is 0.504. The van der Waals surface area contributed by atoms with Gasteiger partial charge in [-0.3, -0.25) is 4.79 Å². The Kier molecular flexibility index (Phi) is 9.47. The van der Waals surface area contributed by atoms with E-state index in [0.717, 1.165) is 15.0 Å². The quantitative estimate of drug-likeness (QED) is 0.208. The first-order chi connectivity index (χ1) is 14.0. The van der Waals surface area contributed by atoms with Crippen molar-refractivity contribution in [3.05, 3.63) is 65.3 Å². The van der Waals surface area contributed by atoms with Gasteiger partial charge in [0.2, 0.25) is 5.91 Å². The van der Waals surface area contributed by atoms with Gasteiger partial charge in [0, 0.05) is 28.4 Å². The molecule has 0 bridgehead atoms. The van der Waals surface area contributed by atoms with Crippen LogP contribution >= 0.6 is 35.3 Å². The maximum Gasteiger partial charge on any atom is 0.246 e. The number of thiophene rings is 1. The van der Waals surface area contributed by atoms with Crippen molar-refractivity contribution >= 4 is 63.0 Å². The summed E-state index contributed by atoms with van der Waals surface area (Å²) in [6.45, 7) is 2.69. The lowest BCUT2D eigenvalue weighted by Crippen LogP contribution is -2.40. The first kappa shape index (κ1) is 24.0. The van der Waals surface area contributed by atoms with Gasteiger partial charge in [0.1, 0.15) is 18.5 Å². The van der Waals surface area contributed by atoms with E-state index >= 15 is 0 Å². The molecule has 0 aliphatic carbocycles. The van der Waals surface area contributed by atoms with E-state index in [2.05, 4.69) is 20.9 Å². The van der Waals surface area contributed by atoms with E-state index in [1.807, 2.05) is 37.3 Å². The van der Waals surface area contributed by atoms with Crippen molar-refractivity contribution in [2.45, 2.75) is 13.0 Å². The van der Waals surface area contributed by atoms with E-state index in [0.29, 0.717) is 18.2 Å². The molecule has 1 aromatic heterocycles. The average molecular weight is 542 g/mol. The SMILES string of the molecule is CCNC(=NCC(=O)Nc1ccc(F)cc1)NCC(O)c1cc2ccccc2s1.I. The van der Waals surface area contributed by atoms with Crippen LogP contribution in [-0.2, 0) is 4.79 Å². The molecule has 0 fully saturated rings. The molecule has 6 nitrogen and oxygen atoms in total. The number of carbonyl (C=O) groups is 1. The van der Waals surface area contributed by atoms with Gasteiger partial charge >= 0.3 is 0 Å².